The summed E-state index contributed by atoms with van der Waals surface area (Å²) in [5, 5.41) is 0.492. The number of hydrogen-bond acceptors (Lipinski definition) is 2. The lowest BCUT2D eigenvalue weighted by Crippen LogP contribution is -2.25. The summed E-state index contributed by atoms with van der Waals surface area (Å²) in [7, 11) is 0. The SMILES string of the molecule is O=C(c1ccccc1Cl)N1Cc2cccnc2C1. The molecule has 1 aliphatic rings. The summed E-state index contributed by atoms with van der Waals surface area (Å²) in [6.45, 7) is 1.16. The lowest BCUT2D eigenvalue weighted by atomic mass is 10.2. The molecule has 0 saturated heterocycles. The van der Waals surface area contributed by atoms with E-state index in [-0.39, 0.29) is 5.91 Å². The van der Waals surface area contributed by atoms with Crippen molar-refractivity contribution in [1.29, 1.82) is 0 Å². The number of halogens is 1. The van der Waals surface area contributed by atoms with Crippen molar-refractivity contribution in [3.05, 3.63) is 64.4 Å². The van der Waals surface area contributed by atoms with Crippen LogP contribution in [0.5, 0.6) is 0 Å². The van der Waals surface area contributed by atoms with Gasteiger partial charge < -0.3 is 4.90 Å². The molecule has 0 radical (unpaired) electrons. The number of fused-ring (bicyclic) bond motifs is 1. The number of carbonyl (C=O) groups excluding carboxylic acids is 1. The van der Waals surface area contributed by atoms with Gasteiger partial charge in [-0.2, -0.15) is 0 Å². The Bertz CT molecular complexity index is 587. The number of nitrogens with zero attached hydrogens (tertiary/aromatic N) is 2. The number of aromatic nitrogens is 1. The average Bonchev–Trinajstić information content (AvgIpc) is 2.82. The zero-order chi connectivity index (χ0) is 12.5. The molecule has 1 aromatic carbocycles. The molecule has 3 rings (SSSR count). The van der Waals surface area contributed by atoms with Crippen LogP contribution in [0.3, 0.4) is 0 Å². The molecule has 0 atom stereocenters. The zero-order valence-corrected chi connectivity index (χ0v) is 10.4. The van der Waals surface area contributed by atoms with Gasteiger partial charge in [0.25, 0.3) is 5.91 Å². The van der Waals surface area contributed by atoms with Gasteiger partial charge >= 0.3 is 0 Å². The Balaban J connectivity index is 1.87. The summed E-state index contributed by atoms with van der Waals surface area (Å²) in [6, 6.07) is 11.0. The van der Waals surface area contributed by atoms with E-state index in [1.807, 2.05) is 24.3 Å². The summed E-state index contributed by atoms with van der Waals surface area (Å²) >= 11 is 6.05. The molecule has 0 N–H and O–H groups in total. The van der Waals surface area contributed by atoms with Crippen LogP contribution in [0.1, 0.15) is 21.6 Å². The molecule has 1 amide bonds. The van der Waals surface area contributed by atoms with Crippen molar-refractivity contribution in [3.8, 4) is 0 Å². The van der Waals surface area contributed by atoms with Gasteiger partial charge in [-0.15, -0.1) is 0 Å². The average molecular weight is 259 g/mol. The Morgan fingerprint density at radius 3 is 2.78 bits per heavy atom. The fourth-order valence-corrected chi connectivity index (χ4v) is 2.37. The van der Waals surface area contributed by atoms with E-state index in [9.17, 15) is 4.79 Å². The summed E-state index contributed by atoms with van der Waals surface area (Å²) in [5.74, 6) is -0.0430. The molecule has 4 heteroatoms. The molecular weight excluding hydrogens is 248 g/mol. The van der Waals surface area contributed by atoms with Gasteiger partial charge in [0.15, 0.2) is 0 Å². The van der Waals surface area contributed by atoms with Crippen molar-refractivity contribution in [3.63, 3.8) is 0 Å². The quantitative estimate of drug-likeness (QED) is 0.788. The van der Waals surface area contributed by atoms with Gasteiger partial charge in [-0.1, -0.05) is 29.8 Å². The Kier molecular flexibility index (Phi) is 2.76. The molecule has 0 bridgehead atoms. The van der Waals surface area contributed by atoms with Crippen LogP contribution in [0.25, 0.3) is 0 Å². The molecular formula is C14H11ClN2O. The highest BCUT2D eigenvalue weighted by atomic mass is 35.5. The molecule has 3 nitrogen and oxygen atoms in total. The molecule has 0 spiro atoms. The Morgan fingerprint density at radius 1 is 1.17 bits per heavy atom. The van der Waals surface area contributed by atoms with Crippen LogP contribution < -0.4 is 0 Å². The van der Waals surface area contributed by atoms with Gasteiger partial charge in [-0.25, -0.2) is 0 Å². The Morgan fingerprint density at radius 2 is 2.00 bits per heavy atom. The van der Waals surface area contributed by atoms with Crippen LogP contribution in [0.4, 0.5) is 0 Å². The van der Waals surface area contributed by atoms with E-state index in [1.54, 1.807) is 23.2 Å². The minimum atomic E-state index is -0.0430. The van der Waals surface area contributed by atoms with Gasteiger partial charge in [0, 0.05) is 12.7 Å². The van der Waals surface area contributed by atoms with Crippen LogP contribution >= 0.6 is 11.6 Å². The van der Waals surface area contributed by atoms with E-state index in [4.69, 9.17) is 11.6 Å². The van der Waals surface area contributed by atoms with Gasteiger partial charge in [-0.3, -0.25) is 9.78 Å². The molecule has 90 valence electrons. The van der Waals surface area contributed by atoms with Crippen molar-refractivity contribution in [2.24, 2.45) is 0 Å². The minimum Gasteiger partial charge on any atom is -0.328 e. The highest BCUT2D eigenvalue weighted by Crippen LogP contribution is 2.24. The lowest BCUT2D eigenvalue weighted by Gasteiger charge is -2.15. The van der Waals surface area contributed by atoms with Gasteiger partial charge in [0.1, 0.15) is 0 Å². The van der Waals surface area contributed by atoms with Crippen LogP contribution in [-0.4, -0.2) is 15.8 Å². The van der Waals surface area contributed by atoms with Gasteiger partial charge in [-0.05, 0) is 23.8 Å². The van der Waals surface area contributed by atoms with E-state index < -0.39 is 0 Å². The normalized spacial score (nSPS) is 13.5. The number of carbonyl (C=O) groups is 1. The smallest absolute Gasteiger partial charge is 0.256 e. The van der Waals surface area contributed by atoms with Crippen LogP contribution in [0.2, 0.25) is 5.02 Å². The highest BCUT2D eigenvalue weighted by Gasteiger charge is 2.25. The molecule has 1 aliphatic heterocycles. The largest absolute Gasteiger partial charge is 0.328 e. The second-order valence-electron chi connectivity index (χ2n) is 4.25. The first-order valence-electron chi connectivity index (χ1n) is 5.72. The number of pyridine rings is 1. The lowest BCUT2D eigenvalue weighted by molar-refractivity contribution is 0.0750. The van der Waals surface area contributed by atoms with Gasteiger partial charge in [0.2, 0.25) is 0 Å². The number of hydrogen-bond donors (Lipinski definition) is 0. The zero-order valence-electron chi connectivity index (χ0n) is 9.64. The fraction of sp³-hybridized carbons (Fsp3) is 0.143. The predicted octanol–water partition coefficient (Wildman–Crippen LogP) is 2.89. The molecule has 0 unspecified atom stereocenters. The van der Waals surface area contributed by atoms with E-state index in [0.717, 1.165) is 11.3 Å². The second-order valence-corrected chi connectivity index (χ2v) is 4.66. The maximum atomic E-state index is 12.4. The first kappa shape index (κ1) is 11.2. The van der Waals surface area contributed by atoms with Gasteiger partial charge in [0.05, 0.1) is 22.8 Å². The minimum absolute atomic E-state index is 0.0430. The standard InChI is InChI=1S/C14H11ClN2O/c15-12-6-2-1-5-11(12)14(18)17-8-10-4-3-7-16-13(10)9-17/h1-7H,8-9H2. The number of amides is 1. The van der Waals surface area contributed by atoms with E-state index in [2.05, 4.69) is 4.98 Å². The molecule has 2 heterocycles. The first-order valence-corrected chi connectivity index (χ1v) is 6.10. The van der Waals surface area contributed by atoms with Crippen molar-refractivity contribution in [2.45, 2.75) is 13.1 Å². The summed E-state index contributed by atoms with van der Waals surface area (Å²) < 4.78 is 0. The molecule has 1 aromatic heterocycles. The van der Waals surface area contributed by atoms with E-state index in [0.29, 0.717) is 23.7 Å². The molecule has 0 fully saturated rings. The second kappa shape index (κ2) is 4.42. The molecule has 0 aliphatic carbocycles. The van der Waals surface area contributed by atoms with Crippen LogP contribution in [0, 0.1) is 0 Å². The monoisotopic (exact) mass is 258 g/mol. The third-order valence-corrected chi connectivity index (χ3v) is 3.41. The third-order valence-electron chi connectivity index (χ3n) is 3.08. The molecule has 18 heavy (non-hydrogen) atoms. The van der Waals surface area contributed by atoms with Crippen molar-refractivity contribution in [2.75, 3.05) is 0 Å². The van der Waals surface area contributed by atoms with E-state index in [1.165, 1.54) is 0 Å². The van der Waals surface area contributed by atoms with Crippen LogP contribution in [0.15, 0.2) is 42.6 Å². The summed E-state index contributed by atoms with van der Waals surface area (Å²) in [6.07, 6.45) is 1.75. The number of benzene rings is 1. The van der Waals surface area contributed by atoms with Crippen molar-refractivity contribution < 1.29 is 4.79 Å². The molecule has 0 saturated carbocycles. The number of rotatable bonds is 1. The topological polar surface area (TPSA) is 33.2 Å². The third kappa shape index (κ3) is 1.87. The first-order chi connectivity index (χ1) is 8.75. The van der Waals surface area contributed by atoms with Crippen molar-refractivity contribution in [1.82, 2.24) is 9.88 Å². The maximum absolute atomic E-state index is 12.4. The van der Waals surface area contributed by atoms with Crippen molar-refractivity contribution >= 4 is 17.5 Å². The Hall–Kier alpha value is -1.87. The van der Waals surface area contributed by atoms with Crippen LogP contribution in [-0.2, 0) is 13.1 Å². The highest BCUT2D eigenvalue weighted by molar-refractivity contribution is 6.33. The Labute approximate surface area is 110 Å². The summed E-state index contributed by atoms with van der Waals surface area (Å²) in [5.41, 5.74) is 2.63. The summed E-state index contributed by atoms with van der Waals surface area (Å²) in [4.78, 5) is 18.4. The van der Waals surface area contributed by atoms with E-state index >= 15 is 0 Å². The molecule has 2 aromatic rings. The fourth-order valence-electron chi connectivity index (χ4n) is 2.15. The predicted molar refractivity (Wildman–Crippen MR) is 69.3 cm³/mol. The maximum Gasteiger partial charge on any atom is 0.256 e.